The molecule has 4 nitrogen and oxygen atoms in total. The molecule has 2 aromatic carbocycles. The summed E-state index contributed by atoms with van der Waals surface area (Å²) in [6.07, 6.45) is 9.44. The van der Waals surface area contributed by atoms with Crippen LogP contribution in [0.3, 0.4) is 0 Å². The molecule has 1 aliphatic heterocycles. The minimum atomic E-state index is -2.55. The first-order chi connectivity index (χ1) is 33.6. The average molecular weight is 1170 g/mol. The van der Waals surface area contributed by atoms with Crippen LogP contribution in [-0.4, -0.2) is 53.9 Å². The third kappa shape index (κ3) is 8.81. The van der Waals surface area contributed by atoms with Crippen LogP contribution in [-0.2, 0) is 0 Å². The summed E-state index contributed by atoms with van der Waals surface area (Å²) in [5.41, 5.74) is 5.87. The van der Waals surface area contributed by atoms with E-state index >= 15 is 8.78 Å². The van der Waals surface area contributed by atoms with Gasteiger partial charge < -0.3 is 0 Å². The molecule has 0 spiro atoms. The van der Waals surface area contributed by atoms with Crippen molar-refractivity contribution in [3.8, 4) is 71.0 Å². The summed E-state index contributed by atoms with van der Waals surface area (Å²) >= 11 is 9.72. The topological polar surface area (TPSA) is 51.6 Å². The second-order valence-electron chi connectivity index (χ2n) is 18.7. The standard InChI is InChI=1S/C54H52F2N4S6Se2Si/c1-7-11-13-31(9-3)27-69(28-32(10-4)14-12-8-2)45-25-43(47-35(55)23-33(49-51(47)59-67-57-49)37-19-21-41(63-37)39-17-15-29(5)61-39)65-53(45)54-46(69)26-44(66-54)48-36(56)24-34(50-52(48)60-68-58-50)38-20-22-42(64-38)40-18-16-30(6)62-40/h15-26,31-32H,7-14,27-28H2,1-6H3. The van der Waals surface area contributed by atoms with Crippen LogP contribution in [0.4, 0.5) is 8.78 Å². The maximum atomic E-state index is 17.3. The Kier molecular flexibility index (Phi) is 14.1. The number of fused-ring (bicyclic) bond motifs is 5. The molecule has 69 heavy (non-hydrogen) atoms. The van der Waals surface area contributed by atoms with Gasteiger partial charge in [-0.1, -0.05) is 13.8 Å². The van der Waals surface area contributed by atoms with Crippen molar-refractivity contribution in [2.75, 3.05) is 0 Å². The monoisotopic (exact) mass is 1170 g/mol. The van der Waals surface area contributed by atoms with Crippen molar-refractivity contribution >= 4 is 138 Å². The number of benzene rings is 2. The fraction of sp³-hybridized carbons (Fsp3) is 0.333. The molecule has 0 N–H and O–H groups in total. The van der Waals surface area contributed by atoms with Gasteiger partial charge in [0.1, 0.15) is 0 Å². The van der Waals surface area contributed by atoms with Crippen LogP contribution in [0.25, 0.3) is 93.1 Å². The Labute approximate surface area is 441 Å². The second-order valence-corrected chi connectivity index (χ2v) is 31.8. The van der Waals surface area contributed by atoms with Crippen LogP contribution in [0.15, 0.2) is 72.8 Å². The van der Waals surface area contributed by atoms with E-state index in [2.05, 4.69) is 102 Å². The molecule has 8 aromatic heterocycles. The van der Waals surface area contributed by atoms with Crippen LogP contribution in [0, 0.1) is 37.3 Å². The number of halogens is 2. The summed E-state index contributed by atoms with van der Waals surface area (Å²) in [4.78, 5) is 13.8. The molecule has 0 fully saturated rings. The fourth-order valence-corrected chi connectivity index (χ4v) is 27.5. The summed E-state index contributed by atoms with van der Waals surface area (Å²) in [6, 6.07) is 27.8. The molecule has 15 heteroatoms. The Morgan fingerprint density at radius 1 is 0.478 bits per heavy atom. The van der Waals surface area contributed by atoms with E-state index in [9.17, 15) is 0 Å². The Balaban J connectivity index is 1.07. The molecule has 0 aliphatic carbocycles. The van der Waals surface area contributed by atoms with Gasteiger partial charge in [0, 0.05) is 0 Å². The van der Waals surface area contributed by atoms with E-state index in [1.807, 2.05) is 0 Å². The summed E-state index contributed by atoms with van der Waals surface area (Å²) in [7, 11) is -2.55. The Hall–Kier alpha value is -3.04. The molecule has 11 rings (SSSR count). The third-order valence-electron chi connectivity index (χ3n) is 14.2. The quantitative estimate of drug-likeness (QED) is 0.0804. The average Bonchev–Trinajstić information content (AvgIpc) is 4.19. The van der Waals surface area contributed by atoms with Gasteiger partial charge in [0.2, 0.25) is 0 Å². The van der Waals surface area contributed by atoms with Gasteiger partial charge in [0.05, 0.1) is 0 Å². The number of hydrogen-bond acceptors (Lipinski definition) is 10. The van der Waals surface area contributed by atoms with Gasteiger partial charge >= 0.3 is 431 Å². The molecule has 1 aliphatic rings. The summed E-state index contributed by atoms with van der Waals surface area (Å²) in [5, 5.41) is 2.93. The summed E-state index contributed by atoms with van der Waals surface area (Å²) in [5.74, 6) is 0.668. The number of aryl methyl sites for hydroxylation is 2. The molecule has 10 aromatic rings. The Morgan fingerprint density at radius 3 is 1.26 bits per heavy atom. The predicted molar refractivity (Wildman–Crippen MR) is 302 cm³/mol. The van der Waals surface area contributed by atoms with Gasteiger partial charge in [-0.15, -0.1) is 0 Å². The van der Waals surface area contributed by atoms with E-state index in [0.29, 0.717) is 34.0 Å². The fourth-order valence-electron chi connectivity index (χ4n) is 10.6. The molecule has 354 valence electrons. The molecule has 0 saturated carbocycles. The van der Waals surface area contributed by atoms with Gasteiger partial charge in [-0.3, -0.25) is 0 Å². The van der Waals surface area contributed by atoms with E-state index in [-0.39, 0.29) is 41.6 Å². The number of nitrogens with zero attached hydrogens (tertiary/aromatic N) is 4. The Morgan fingerprint density at radius 2 is 0.870 bits per heavy atom. The third-order valence-corrected chi connectivity index (χ3v) is 29.3. The molecule has 0 radical (unpaired) electrons. The van der Waals surface area contributed by atoms with E-state index in [4.69, 9.17) is 15.9 Å². The molecule has 0 saturated heterocycles. The van der Waals surface area contributed by atoms with Gasteiger partial charge in [0.25, 0.3) is 0 Å². The van der Waals surface area contributed by atoms with Gasteiger partial charge in [-0.05, 0) is 0 Å². The van der Waals surface area contributed by atoms with Crippen LogP contribution >= 0.6 is 68.0 Å². The zero-order chi connectivity index (χ0) is 47.6. The maximum absolute atomic E-state index is 17.3. The van der Waals surface area contributed by atoms with Crippen molar-refractivity contribution in [3.05, 3.63) is 94.2 Å². The van der Waals surface area contributed by atoms with Crippen LogP contribution in [0.2, 0.25) is 12.1 Å². The minimum absolute atomic E-state index is 0.237. The molecule has 9 heterocycles. The molecular weight excluding hydrogens is 1120 g/mol. The zero-order valence-corrected chi connectivity index (χ0v) is 48.8. The van der Waals surface area contributed by atoms with Crippen LogP contribution in [0.1, 0.15) is 88.8 Å². The van der Waals surface area contributed by atoms with Gasteiger partial charge in [-0.25, -0.2) is 0 Å². The van der Waals surface area contributed by atoms with Crippen molar-refractivity contribution in [3.63, 3.8) is 0 Å². The zero-order valence-electron chi connectivity index (χ0n) is 39.5. The van der Waals surface area contributed by atoms with E-state index in [1.165, 1.54) is 87.9 Å². The SMILES string of the molecule is CCCCC(CC)C[Si]1(CC(CC)CCCC)c2cc(-c3c(F)cc(-c4ccc(-c5ccc(C)s5)s4)c4n[se]nc34)sc2-c2sc(-c3c(F)cc(-c4ccc(-c5ccc(C)s5)s4)c4n[se]nc34)cc21. The van der Waals surface area contributed by atoms with Gasteiger partial charge in [0.15, 0.2) is 0 Å². The van der Waals surface area contributed by atoms with Crippen molar-refractivity contribution in [1.29, 1.82) is 0 Å². The first kappa shape index (κ1) is 48.2. The number of rotatable bonds is 18. The van der Waals surface area contributed by atoms with Crippen LogP contribution < -0.4 is 10.4 Å². The molecule has 2 atom stereocenters. The predicted octanol–water partition coefficient (Wildman–Crippen LogP) is 16.9. The van der Waals surface area contributed by atoms with Crippen molar-refractivity contribution < 1.29 is 8.78 Å². The molecule has 2 unspecified atom stereocenters. The Bertz CT molecular complexity index is 3250. The number of thiophene rings is 6. The van der Waals surface area contributed by atoms with E-state index in [1.54, 1.807) is 80.2 Å². The van der Waals surface area contributed by atoms with Crippen molar-refractivity contribution in [1.82, 2.24) is 15.9 Å². The number of unbranched alkanes of at least 4 members (excludes halogenated alkanes) is 2. The number of hydrogen-bond donors (Lipinski definition) is 0. The van der Waals surface area contributed by atoms with Gasteiger partial charge in [-0.2, -0.15) is 0 Å². The molecule has 0 amide bonds. The first-order valence-corrected chi connectivity index (χ1v) is 34.5. The van der Waals surface area contributed by atoms with E-state index < -0.39 is 8.07 Å². The summed E-state index contributed by atoms with van der Waals surface area (Å²) in [6.45, 7) is 13.6. The normalized spacial score (nSPS) is 14.1. The van der Waals surface area contributed by atoms with E-state index in [0.717, 1.165) is 66.6 Å². The first-order valence-electron chi connectivity index (χ1n) is 24.1. The van der Waals surface area contributed by atoms with Crippen molar-refractivity contribution in [2.45, 2.75) is 105 Å². The number of aromatic nitrogens is 4. The van der Waals surface area contributed by atoms with Crippen LogP contribution in [0.5, 0.6) is 0 Å². The molecular formula is C54H52F2N4S6Se2Si. The second kappa shape index (κ2) is 20.1. The molecule has 0 bridgehead atoms. The summed E-state index contributed by atoms with van der Waals surface area (Å²) < 4.78 is 54.6. The van der Waals surface area contributed by atoms with Crippen molar-refractivity contribution in [2.24, 2.45) is 11.8 Å².